The third kappa shape index (κ3) is 5.48. The Labute approximate surface area is 124 Å². The number of carboxylic acids is 1. The average Bonchev–Trinajstić information content (AvgIpc) is 2.30. The first-order valence-corrected chi connectivity index (χ1v) is 5.44. The Hall–Kier alpha value is -0.640. The monoisotopic (exact) mass is 241 g/mol. The van der Waals surface area contributed by atoms with E-state index in [1.807, 2.05) is 44.2 Å². The van der Waals surface area contributed by atoms with Crippen molar-refractivity contribution in [3.63, 3.8) is 0 Å². The maximum atomic E-state index is 10.9. The van der Waals surface area contributed by atoms with Crippen LogP contribution in [0.1, 0.15) is 25.8 Å². The molecule has 86 valence electrons. The molecule has 1 rings (SSSR count). The molecule has 2 atom stereocenters. The zero-order valence-corrected chi connectivity index (χ0v) is 12.6. The first-order valence-electron chi connectivity index (χ1n) is 5.44. The number of rotatable bonds is 5. The van der Waals surface area contributed by atoms with Crippen LogP contribution in [-0.2, 0) is 4.79 Å². The van der Waals surface area contributed by atoms with E-state index in [-0.39, 0.29) is 35.5 Å². The van der Waals surface area contributed by atoms with Crippen molar-refractivity contribution in [1.29, 1.82) is 0 Å². The van der Waals surface area contributed by atoms with Crippen molar-refractivity contribution < 1.29 is 39.5 Å². The molecule has 1 unspecified atom stereocenters. The SMILES string of the molecule is CCC(C)[C@H](/N=C/c1ccccc1)C(=O)[O-].[Na+]. The summed E-state index contributed by atoms with van der Waals surface area (Å²) in [6.45, 7) is 3.81. The number of benzene rings is 1. The van der Waals surface area contributed by atoms with E-state index in [1.54, 1.807) is 6.21 Å². The second kappa shape index (κ2) is 8.45. The Morgan fingerprint density at radius 1 is 1.41 bits per heavy atom. The Morgan fingerprint density at radius 2 is 2.00 bits per heavy atom. The van der Waals surface area contributed by atoms with Crippen molar-refractivity contribution in [3.8, 4) is 0 Å². The second-order valence-corrected chi connectivity index (χ2v) is 3.84. The van der Waals surface area contributed by atoms with Crippen LogP contribution in [0.25, 0.3) is 0 Å². The molecule has 17 heavy (non-hydrogen) atoms. The Morgan fingerprint density at radius 3 is 2.47 bits per heavy atom. The third-order valence-corrected chi connectivity index (χ3v) is 2.61. The summed E-state index contributed by atoms with van der Waals surface area (Å²) < 4.78 is 0. The number of carboxylic acid groups (broad SMARTS) is 1. The first kappa shape index (κ1) is 16.4. The predicted molar refractivity (Wildman–Crippen MR) is 62.3 cm³/mol. The van der Waals surface area contributed by atoms with Crippen LogP contribution in [0, 0.1) is 5.92 Å². The number of carbonyl (C=O) groups is 1. The number of aliphatic carboxylic acids is 1. The minimum atomic E-state index is -1.11. The minimum Gasteiger partial charge on any atom is -0.548 e. The van der Waals surface area contributed by atoms with E-state index >= 15 is 0 Å². The number of nitrogens with zero attached hydrogens (tertiary/aromatic N) is 1. The van der Waals surface area contributed by atoms with Gasteiger partial charge in [-0.1, -0.05) is 50.6 Å². The van der Waals surface area contributed by atoms with Crippen molar-refractivity contribution in [3.05, 3.63) is 35.9 Å². The van der Waals surface area contributed by atoms with Crippen LogP contribution in [-0.4, -0.2) is 18.2 Å². The van der Waals surface area contributed by atoms with E-state index < -0.39 is 12.0 Å². The maximum absolute atomic E-state index is 10.9. The van der Waals surface area contributed by atoms with E-state index in [0.717, 1.165) is 12.0 Å². The van der Waals surface area contributed by atoms with Crippen molar-refractivity contribution >= 4 is 12.2 Å². The number of carbonyl (C=O) groups excluding carboxylic acids is 1. The summed E-state index contributed by atoms with van der Waals surface area (Å²) >= 11 is 0. The van der Waals surface area contributed by atoms with Crippen LogP contribution < -0.4 is 34.7 Å². The van der Waals surface area contributed by atoms with Gasteiger partial charge >= 0.3 is 29.6 Å². The van der Waals surface area contributed by atoms with Gasteiger partial charge < -0.3 is 9.90 Å². The Balaban J connectivity index is 0.00000256. The van der Waals surface area contributed by atoms with Crippen LogP contribution in [0.3, 0.4) is 0 Å². The molecule has 4 heteroatoms. The van der Waals surface area contributed by atoms with E-state index in [9.17, 15) is 9.90 Å². The summed E-state index contributed by atoms with van der Waals surface area (Å²) in [6.07, 6.45) is 2.36. The van der Waals surface area contributed by atoms with Gasteiger partial charge in [0, 0.05) is 6.21 Å². The summed E-state index contributed by atoms with van der Waals surface area (Å²) in [5.41, 5.74) is 0.900. The van der Waals surface area contributed by atoms with Crippen molar-refractivity contribution in [2.24, 2.45) is 10.9 Å². The fourth-order valence-electron chi connectivity index (χ4n) is 1.37. The van der Waals surface area contributed by atoms with Gasteiger partial charge in [-0.3, -0.25) is 4.99 Å². The van der Waals surface area contributed by atoms with Crippen molar-refractivity contribution in [2.75, 3.05) is 0 Å². The molecule has 0 spiro atoms. The summed E-state index contributed by atoms with van der Waals surface area (Å²) in [6, 6.07) is 8.68. The molecule has 0 aromatic heterocycles. The van der Waals surface area contributed by atoms with Crippen LogP contribution in [0.2, 0.25) is 0 Å². The topological polar surface area (TPSA) is 52.5 Å². The molecule has 0 radical (unpaired) electrons. The van der Waals surface area contributed by atoms with E-state index in [0.29, 0.717) is 0 Å². The molecule has 1 aromatic rings. The second-order valence-electron chi connectivity index (χ2n) is 3.84. The molecule has 0 heterocycles. The summed E-state index contributed by atoms with van der Waals surface area (Å²) in [7, 11) is 0. The van der Waals surface area contributed by atoms with Crippen LogP contribution >= 0.6 is 0 Å². The molecule has 0 aliphatic rings. The molecule has 0 aliphatic carbocycles. The van der Waals surface area contributed by atoms with Gasteiger partial charge in [0.2, 0.25) is 0 Å². The van der Waals surface area contributed by atoms with E-state index in [4.69, 9.17) is 0 Å². The van der Waals surface area contributed by atoms with Crippen molar-refractivity contribution in [1.82, 2.24) is 0 Å². The molecule has 0 N–H and O–H groups in total. The van der Waals surface area contributed by atoms with Gasteiger partial charge in [-0.2, -0.15) is 0 Å². The Kier molecular flexibility index (Phi) is 8.13. The van der Waals surface area contributed by atoms with Gasteiger partial charge in [0.15, 0.2) is 0 Å². The van der Waals surface area contributed by atoms with E-state index in [1.165, 1.54) is 0 Å². The number of hydrogen-bond acceptors (Lipinski definition) is 3. The molecule has 3 nitrogen and oxygen atoms in total. The van der Waals surface area contributed by atoms with Gasteiger partial charge in [-0.05, 0) is 11.5 Å². The van der Waals surface area contributed by atoms with Gasteiger partial charge in [0.25, 0.3) is 0 Å². The van der Waals surface area contributed by atoms with Crippen molar-refractivity contribution in [2.45, 2.75) is 26.3 Å². The molecule has 0 amide bonds. The zero-order chi connectivity index (χ0) is 12.0. The molecular formula is C13H16NNaO2. The quantitative estimate of drug-likeness (QED) is 0.454. The molecule has 1 aromatic carbocycles. The van der Waals surface area contributed by atoms with Crippen LogP contribution in [0.5, 0.6) is 0 Å². The summed E-state index contributed by atoms with van der Waals surface area (Å²) in [5.74, 6) is -1.12. The number of aliphatic imine (C=N–C) groups is 1. The van der Waals surface area contributed by atoms with E-state index in [2.05, 4.69) is 4.99 Å². The molecular weight excluding hydrogens is 225 g/mol. The predicted octanol–water partition coefficient (Wildman–Crippen LogP) is -1.73. The molecule has 0 aliphatic heterocycles. The van der Waals surface area contributed by atoms with Gasteiger partial charge in [-0.25, -0.2) is 0 Å². The first-order chi connectivity index (χ1) is 7.65. The Bertz CT molecular complexity index is 365. The molecule has 0 saturated carbocycles. The standard InChI is InChI=1S/C13H17NO2.Na/c1-3-10(2)12(13(15)16)14-9-11-7-5-4-6-8-11;/h4-10,12H,3H2,1-2H3,(H,15,16);/q;+1/p-1/b14-9+;/t10?,12-;/m0./s1. The fourth-order valence-corrected chi connectivity index (χ4v) is 1.37. The summed E-state index contributed by atoms with van der Waals surface area (Å²) in [5, 5.41) is 10.9. The fraction of sp³-hybridized carbons (Fsp3) is 0.385. The minimum absolute atomic E-state index is 0. The smallest absolute Gasteiger partial charge is 0.548 e. The molecule has 0 fully saturated rings. The normalized spacial score (nSPS) is 14.0. The van der Waals surface area contributed by atoms with Crippen LogP contribution in [0.4, 0.5) is 0 Å². The zero-order valence-electron chi connectivity index (χ0n) is 10.6. The largest absolute Gasteiger partial charge is 1.00 e. The maximum Gasteiger partial charge on any atom is 1.00 e. The van der Waals surface area contributed by atoms with Gasteiger partial charge in [0.05, 0.1) is 12.0 Å². The molecule has 0 bridgehead atoms. The number of hydrogen-bond donors (Lipinski definition) is 0. The summed E-state index contributed by atoms with van der Waals surface area (Å²) in [4.78, 5) is 15.0. The average molecular weight is 241 g/mol. The van der Waals surface area contributed by atoms with Crippen LogP contribution in [0.15, 0.2) is 35.3 Å². The third-order valence-electron chi connectivity index (χ3n) is 2.61. The van der Waals surface area contributed by atoms with Gasteiger partial charge in [0.1, 0.15) is 0 Å². The molecule has 0 saturated heterocycles. The van der Waals surface area contributed by atoms with Gasteiger partial charge in [-0.15, -0.1) is 0 Å².